The van der Waals surface area contributed by atoms with Crippen LogP contribution in [0.4, 0.5) is 0 Å². The Morgan fingerprint density at radius 3 is 2.46 bits per heavy atom. The molecule has 138 valence electrons. The Kier molecular flexibility index (Phi) is 7.68. The van der Waals surface area contributed by atoms with Crippen molar-refractivity contribution in [3.8, 4) is 5.75 Å². The van der Waals surface area contributed by atoms with Crippen LogP contribution in [-0.4, -0.2) is 31.1 Å². The minimum absolute atomic E-state index is 0.0339. The van der Waals surface area contributed by atoms with Crippen molar-refractivity contribution >= 4 is 11.9 Å². The lowest BCUT2D eigenvalue weighted by Crippen LogP contribution is -2.36. The number of carbonyl (C=O) groups is 2. The predicted octanol–water partition coefficient (Wildman–Crippen LogP) is 3.38. The number of hydrogen-bond acceptors (Lipinski definition) is 4. The molecule has 5 nitrogen and oxygen atoms in total. The topological polar surface area (TPSA) is 64.6 Å². The molecule has 1 atom stereocenters. The van der Waals surface area contributed by atoms with Gasteiger partial charge in [0.2, 0.25) is 0 Å². The number of para-hydroxylation sites is 1. The monoisotopic (exact) mass is 355 g/mol. The van der Waals surface area contributed by atoms with Crippen molar-refractivity contribution in [2.45, 2.75) is 32.7 Å². The molecule has 1 amide bonds. The number of ether oxygens (including phenoxy) is 2. The molecule has 0 aromatic heterocycles. The third kappa shape index (κ3) is 6.24. The van der Waals surface area contributed by atoms with Gasteiger partial charge < -0.3 is 14.8 Å². The molecule has 2 aromatic carbocycles. The van der Waals surface area contributed by atoms with Gasteiger partial charge in [-0.3, -0.25) is 4.79 Å². The summed E-state index contributed by atoms with van der Waals surface area (Å²) in [6.07, 6.45) is 1.74. The Morgan fingerprint density at radius 2 is 1.73 bits per heavy atom. The van der Waals surface area contributed by atoms with E-state index in [0.29, 0.717) is 11.3 Å². The molecule has 5 heteroatoms. The van der Waals surface area contributed by atoms with Crippen LogP contribution >= 0.6 is 0 Å². The first-order valence-electron chi connectivity index (χ1n) is 8.82. The van der Waals surface area contributed by atoms with E-state index in [2.05, 4.69) is 17.4 Å². The average Bonchev–Trinajstić information content (AvgIpc) is 2.66. The van der Waals surface area contributed by atoms with Crippen molar-refractivity contribution in [1.82, 2.24) is 5.32 Å². The van der Waals surface area contributed by atoms with Crippen LogP contribution in [0.2, 0.25) is 0 Å². The van der Waals surface area contributed by atoms with E-state index in [-0.39, 0.29) is 25.2 Å². The highest BCUT2D eigenvalue weighted by Crippen LogP contribution is 2.18. The Labute approximate surface area is 154 Å². The van der Waals surface area contributed by atoms with Gasteiger partial charge in [-0.05, 0) is 44.4 Å². The van der Waals surface area contributed by atoms with Gasteiger partial charge in [-0.15, -0.1) is 0 Å². The van der Waals surface area contributed by atoms with E-state index in [9.17, 15) is 9.59 Å². The van der Waals surface area contributed by atoms with Crippen LogP contribution in [0.1, 0.15) is 36.2 Å². The molecule has 0 radical (unpaired) electrons. The molecular formula is C21H25NO4. The maximum atomic E-state index is 12.1. The first-order valence-corrected chi connectivity index (χ1v) is 8.82. The lowest BCUT2D eigenvalue weighted by Gasteiger charge is -2.15. The summed E-state index contributed by atoms with van der Waals surface area (Å²) >= 11 is 0. The normalized spacial score (nSPS) is 11.5. The van der Waals surface area contributed by atoms with Gasteiger partial charge in [-0.2, -0.15) is 0 Å². The van der Waals surface area contributed by atoms with Crippen molar-refractivity contribution < 1.29 is 19.1 Å². The molecule has 0 aliphatic carbocycles. The second-order valence-corrected chi connectivity index (χ2v) is 6.00. The number of benzene rings is 2. The molecule has 0 fully saturated rings. The smallest absolute Gasteiger partial charge is 0.341 e. The lowest BCUT2D eigenvalue weighted by atomic mass is 10.1. The van der Waals surface area contributed by atoms with Gasteiger partial charge in [0, 0.05) is 6.04 Å². The van der Waals surface area contributed by atoms with Gasteiger partial charge in [0.15, 0.2) is 6.61 Å². The number of rotatable bonds is 9. The van der Waals surface area contributed by atoms with Gasteiger partial charge in [0.25, 0.3) is 5.91 Å². The summed E-state index contributed by atoms with van der Waals surface area (Å²) in [6.45, 7) is 3.84. The predicted molar refractivity (Wildman–Crippen MR) is 100 cm³/mol. The number of amides is 1. The van der Waals surface area contributed by atoms with Gasteiger partial charge in [0.05, 0.1) is 6.61 Å². The Bertz CT molecular complexity index is 715. The first kappa shape index (κ1) is 19.5. The Balaban J connectivity index is 1.80. The quantitative estimate of drug-likeness (QED) is 0.701. The van der Waals surface area contributed by atoms with Crippen LogP contribution in [0.3, 0.4) is 0 Å². The number of nitrogens with one attached hydrogen (secondary N) is 1. The van der Waals surface area contributed by atoms with Gasteiger partial charge >= 0.3 is 5.97 Å². The molecule has 0 aliphatic heterocycles. The molecule has 0 spiro atoms. The summed E-state index contributed by atoms with van der Waals surface area (Å²) < 4.78 is 10.5. The minimum Gasteiger partial charge on any atom is -0.483 e. The highest BCUT2D eigenvalue weighted by atomic mass is 16.5. The molecular weight excluding hydrogens is 330 g/mol. The fraction of sp³-hybridized carbons (Fsp3) is 0.333. The molecule has 1 N–H and O–H groups in total. The molecule has 2 rings (SSSR count). The summed E-state index contributed by atoms with van der Waals surface area (Å²) in [4.78, 5) is 24.0. The minimum atomic E-state index is -0.459. The molecule has 26 heavy (non-hydrogen) atoms. The van der Waals surface area contributed by atoms with Crippen LogP contribution < -0.4 is 10.1 Å². The third-order valence-electron chi connectivity index (χ3n) is 3.86. The van der Waals surface area contributed by atoms with Gasteiger partial charge in [0.1, 0.15) is 11.3 Å². The van der Waals surface area contributed by atoms with Crippen LogP contribution in [0.25, 0.3) is 0 Å². The maximum absolute atomic E-state index is 12.1. The number of aryl methyl sites for hydroxylation is 1. The van der Waals surface area contributed by atoms with Crippen molar-refractivity contribution in [1.29, 1.82) is 0 Å². The highest BCUT2D eigenvalue weighted by molar-refractivity contribution is 5.92. The van der Waals surface area contributed by atoms with E-state index < -0.39 is 5.97 Å². The number of hydrogen-bond donors (Lipinski definition) is 1. The largest absolute Gasteiger partial charge is 0.483 e. The van der Waals surface area contributed by atoms with E-state index in [4.69, 9.17) is 9.47 Å². The fourth-order valence-electron chi connectivity index (χ4n) is 2.53. The van der Waals surface area contributed by atoms with E-state index in [0.717, 1.165) is 12.8 Å². The molecule has 0 aliphatic rings. The second kappa shape index (κ2) is 10.2. The van der Waals surface area contributed by atoms with Gasteiger partial charge in [-0.1, -0.05) is 42.5 Å². The van der Waals surface area contributed by atoms with Gasteiger partial charge in [-0.25, -0.2) is 4.79 Å². The van der Waals surface area contributed by atoms with E-state index >= 15 is 0 Å². The lowest BCUT2D eigenvalue weighted by molar-refractivity contribution is -0.123. The Hall–Kier alpha value is -2.82. The summed E-state index contributed by atoms with van der Waals surface area (Å²) in [5.74, 6) is -0.331. The average molecular weight is 355 g/mol. The zero-order valence-corrected chi connectivity index (χ0v) is 15.2. The standard InChI is InChI=1S/C21H25NO4/c1-3-25-21(24)18-11-7-8-12-19(18)26-15-20(23)22-16(2)13-14-17-9-5-4-6-10-17/h4-12,16H,3,13-15H2,1-2H3,(H,22,23)/t16-/m1/s1. The molecule has 2 aromatic rings. The zero-order valence-electron chi connectivity index (χ0n) is 15.2. The summed E-state index contributed by atoms with van der Waals surface area (Å²) in [6, 6.07) is 16.9. The molecule has 0 bridgehead atoms. The molecule has 0 saturated carbocycles. The maximum Gasteiger partial charge on any atom is 0.341 e. The highest BCUT2D eigenvalue weighted by Gasteiger charge is 2.15. The van der Waals surface area contributed by atoms with Crippen LogP contribution in [0.15, 0.2) is 54.6 Å². The summed E-state index contributed by atoms with van der Waals surface area (Å²) in [7, 11) is 0. The first-order chi connectivity index (χ1) is 12.6. The molecule has 0 heterocycles. The number of esters is 1. The van der Waals surface area contributed by atoms with Crippen LogP contribution in [0, 0.1) is 0 Å². The number of carbonyl (C=O) groups excluding carboxylic acids is 2. The molecule has 0 saturated heterocycles. The van der Waals surface area contributed by atoms with Crippen molar-refractivity contribution in [2.75, 3.05) is 13.2 Å². The molecule has 0 unspecified atom stereocenters. The second-order valence-electron chi connectivity index (χ2n) is 6.00. The fourth-order valence-corrected chi connectivity index (χ4v) is 2.53. The van der Waals surface area contributed by atoms with Crippen molar-refractivity contribution in [2.24, 2.45) is 0 Å². The summed E-state index contributed by atoms with van der Waals surface area (Å²) in [5, 5.41) is 2.91. The van der Waals surface area contributed by atoms with Crippen molar-refractivity contribution in [3.05, 3.63) is 65.7 Å². The van der Waals surface area contributed by atoms with E-state index in [1.165, 1.54) is 5.56 Å². The summed E-state index contributed by atoms with van der Waals surface area (Å²) in [5.41, 5.74) is 1.56. The SMILES string of the molecule is CCOC(=O)c1ccccc1OCC(=O)N[C@H](C)CCc1ccccc1. The Morgan fingerprint density at radius 1 is 1.04 bits per heavy atom. The van der Waals surface area contributed by atoms with E-state index in [1.54, 1.807) is 31.2 Å². The van der Waals surface area contributed by atoms with Crippen LogP contribution in [-0.2, 0) is 16.0 Å². The third-order valence-corrected chi connectivity index (χ3v) is 3.86. The zero-order chi connectivity index (χ0) is 18.8. The van der Waals surface area contributed by atoms with Crippen LogP contribution in [0.5, 0.6) is 5.75 Å². The van der Waals surface area contributed by atoms with E-state index in [1.807, 2.05) is 25.1 Å². The van der Waals surface area contributed by atoms with Crippen molar-refractivity contribution in [3.63, 3.8) is 0 Å².